The van der Waals surface area contributed by atoms with Crippen LogP contribution in [0.4, 0.5) is 35.1 Å². The van der Waals surface area contributed by atoms with E-state index < -0.39 is 46.3 Å². The second-order valence-electron chi connectivity index (χ2n) is 10.0. The average molecular weight is 593 g/mol. The van der Waals surface area contributed by atoms with Crippen LogP contribution in [-0.2, 0) is 18.6 Å². The van der Waals surface area contributed by atoms with Crippen LogP contribution in [0.1, 0.15) is 29.5 Å². The summed E-state index contributed by atoms with van der Waals surface area (Å²) >= 11 is 6.14. The summed E-state index contributed by atoms with van der Waals surface area (Å²) in [5, 5.41) is 9.82. The Labute approximate surface area is 228 Å². The van der Waals surface area contributed by atoms with E-state index in [1.165, 1.54) is 0 Å². The molecule has 2 aliphatic heterocycles. The Bertz CT molecular complexity index is 1380. The predicted molar refractivity (Wildman–Crippen MR) is 129 cm³/mol. The second kappa shape index (κ2) is 9.85. The number of hydrogen-bond acceptors (Lipinski definition) is 4. The lowest BCUT2D eigenvalue weighted by Gasteiger charge is -2.38. The van der Waals surface area contributed by atoms with E-state index in [2.05, 4.69) is 4.98 Å². The van der Waals surface area contributed by atoms with Gasteiger partial charge in [0.1, 0.15) is 17.2 Å². The number of piperidine rings is 1. The van der Waals surface area contributed by atoms with E-state index in [4.69, 9.17) is 16.3 Å². The zero-order valence-corrected chi connectivity index (χ0v) is 21.3. The molecule has 13 heteroatoms. The fourth-order valence-electron chi connectivity index (χ4n) is 5.32. The maximum Gasteiger partial charge on any atom is 0.430 e. The molecule has 1 N–H and O–H groups in total. The molecule has 3 heterocycles. The molecule has 1 saturated heterocycles. The summed E-state index contributed by atoms with van der Waals surface area (Å²) in [6.45, 7) is 1.36. The molecule has 0 bridgehead atoms. The molecule has 1 spiro atoms. The number of aliphatic hydroxyl groups is 1. The van der Waals surface area contributed by atoms with Gasteiger partial charge in [-0.2, -0.15) is 26.3 Å². The average Bonchev–Trinajstić information content (AvgIpc) is 3.23. The molecule has 0 saturated carbocycles. The van der Waals surface area contributed by atoms with Gasteiger partial charge in [0.2, 0.25) is 0 Å². The molecule has 0 amide bonds. The van der Waals surface area contributed by atoms with Crippen molar-refractivity contribution in [3.63, 3.8) is 0 Å². The zero-order valence-electron chi connectivity index (χ0n) is 20.5. The first-order chi connectivity index (χ1) is 18.6. The van der Waals surface area contributed by atoms with Crippen LogP contribution in [0.25, 0.3) is 11.1 Å². The molecule has 1 fully saturated rings. The van der Waals surface area contributed by atoms with E-state index in [9.17, 15) is 40.2 Å². The minimum Gasteiger partial charge on any atom is -0.483 e. The molecule has 0 aliphatic carbocycles. The number of hydrogen-bond donors (Lipinski definition) is 1. The number of ether oxygens (including phenoxy) is 1. The number of pyridine rings is 1. The minimum absolute atomic E-state index is 0.211. The summed E-state index contributed by atoms with van der Waals surface area (Å²) in [6, 6.07) is 6.10. The topological polar surface area (TPSA) is 45.6 Å². The maximum absolute atomic E-state index is 15.0. The highest BCUT2D eigenvalue weighted by Gasteiger charge is 2.71. The van der Waals surface area contributed by atoms with Gasteiger partial charge in [-0.05, 0) is 29.3 Å². The number of halogens is 9. The molecular weight excluding hydrogens is 572 g/mol. The van der Waals surface area contributed by atoms with Crippen LogP contribution < -0.4 is 4.74 Å². The maximum atomic E-state index is 15.0. The standard InChI is InChI=1S/C27H21ClF8N2O2/c28-23-22-17(5-8-37-23)13-24(40-22)6-9-38(10-7-24)14-15-11-19(29)21(20(30)12-15)16-1-3-18(4-2-16)25(39,26(31,32)33)27(34,35)36/h1-5,8,11-12,39H,6-7,9-10,13-14H2. The van der Waals surface area contributed by atoms with Crippen molar-refractivity contribution in [2.75, 3.05) is 13.1 Å². The van der Waals surface area contributed by atoms with E-state index in [-0.39, 0.29) is 12.1 Å². The van der Waals surface area contributed by atoms with Crippen molar-refractivity contribution in [1.82, 2.24) is 9.88 Å². The molecule has 40 heavy (non-hydrogen) atoms. The highest BCUT2D eigenvalue weighted by Crippen LogP contribution is 2.50. The van der Waals surface area contributed by atoms with Crippen molar-refractivity contribution < 1.29 is 45.0 Å². The van der Waals surface area contributed by atoms with E-state index in [1.54, 1.807) is 6.20 Å². The normalized spacial score (nSPS) is 17.6. The van der Waals surface area contributed by atoms with Crippen molar-refractivity contribution in [1.29, 1.82) is 0 Å². The Kier molecular flexibility index (Phi) is 7.03. The minimum atomic E-state index is -6.07. The molecule has 214 valence electrons. The fraction of sp³-hybridized carbons (Fsp3) is 0.370. The number of fused-ring (bicyclic) bond motifs is 1. The van der Waals surface area contributed by atoms with Gasteiger partial charge in [0, 0.05) is 56.2 Å². The zero-order chi connectivity index (χ0) is 29.1. The molecular formula is C27H21ClF8N2O2. The van der Waals surface area contributed by atoms with Gasteiger partial charge in [-0.25, -0.2) is 13.8 Å². The molecule has 0 radical (unpaired) electrons. The molecule has 4 nitrogen and oxygen atoms in total. The van der Waals surface area contributed by atoms with Crippen LogP contribution in [0.5, 0.6) is 5.75 Å². The van der Waals surface area contributed by atoms with Crippen LogP contribution in [-0.4, -0.2) is 46.0 Å². The van der Waals surface area contributed by atoms with E-state index in [0.29, 0.717) is 73.1 Å². The summed E-state index contributed by atoms with van der Waals surface area (Å²) in [5.41, 5.74) is -6.71. The van der Waals surface area contributed by atoms with Gasteiger partial charge in [-0.15, -0.1) is 0 Å². The van der Waals surface area contributed by atoms with Crippen molar-refractivity contribution in [3.05, 3.63) is 82.1 Å². The SMILES string of the molecule is OC(c1ccc(-c2c(F)cc(CN3CCC4(CC3)Cc3ccnc(Cl)c3O4)cc2F)cc1)(C(F)(F)F)C(F)(F)F. The molecule has 5 rings (SSSR count). The Morgan fingerprint density at radius 1 is 0.925 bits per heavy atom. The summed E-state index contributed by atoms with van der Waals surface area (Å²) in [7, 11) is 0. The first-order valence-corrected chi connectivity index (χ1v) is 12.5. The van der Waals surface area contributed by atoms with Crippen molar-refractivity contribution in [2.24, 2.45) is 0 Å². The van der Waals surface area contributed by atoms with Crippen LogP contribution in [0.3, 0.4) is 0 Å². The lowest BCUT2D eigenvalue weighted by Crippen LogP contribution is -2.53. The van der Waals surface area contributed by atoms with Crippen LogP contribution in [0.15, 0.2) is 48.7 Å². The van der Waals surface area contributed by atoms with Crippen molar-refractivity contribution >= 4 is 11.6 Å². The highest BCUT2D eigenvalue weighted by molar-refractivity contribution is 6.31. The van der Waals surface area contributed by atoms with Crippen LogP contribution in [0, 0.1) is 11.6 Å². The van der Waals surface area contributed by atoms with Crippen molar-refractivity contribution in [2.45, 2.75) is 49.4 Å². The summed E-state index contributed by atoms with van der Waals surface area (Å²) in [6.07, 6.45) is -8.55. The quantitative estimate of drug-likeness (QED) is 0.263. The molecule has 1 aromatic heterocycles. The van der Waals surface area contributed by atoms with Crippen LogP contribution in [0.2, 0.25) is 5.15 Å². The summed E-state index contributed by atoms with van der Waals surface area (Å²) in [4.78, 5) is 6.03. The van der Waals surface area contributed by atoms with Gasteiger partial charge in [0.15, 0.2) is 10.9 Å². The lowest BCUT2D eigenvalue weighted by atomic mass is 9.87. The van der Waals surface area contributed by atoms with E-state index in [0.717, 1.165) is 17.7 Å². The molecule has 2 aliphatic rings. The number of rotatable bonds is 4. The Morgan fingerprint density at radius 2 is 1.50 bits per heavy atom. The number of aromatic nitrogens is 1. The van der Waals surface area contributed by atoms with Crippen LogP contribution >= 0.6 is 11.6 Å². The summed E-state index contributed by atoms with van der Waals surface area (Å²) < 4.78 is 115. The van der Waals surface area contributed by atoms with Gasteiger partial charge in [-0.1, -0.05) is 35.9 Å². The smallest absolute Gasteiger partial charge is 0.430 e. The van der Waals surface area contributed by atoms with Gasteiger partial charge in [0.05, 0.1) is 5.56 Å². The highest BCUT2D eigenvalue weighted by atomic mass is 35.5. The largest absolute Gasteiger partial charge is 0.483 e. The van der Waals surface area contributed by atoms with Gasteiger partial charge in [0.25, 0.3) is 5.60 Å². The third kappa shape index (κ3) is 4.90. The Balaban J connectivity index is 1.29. The molecule has 0 unspecified atom stereocenters. The van der Waals surface area contributed by atoms with E-state index in [1.807, 2.05) is 11.0 Å². The Hall–Kier alpha value is -2.96. The van der Waals surface area contributed by atoms with E-state index >= 15 is 0 Å². The lowest BCUT2D eigenvalue weighted by molar-refractivity contribution is -0.376. The number of alkyl halides is 6. The first-order valence-electron chi connectivity index (χ1n) is 12.1. The predicted octanol–water partition coefficient (Wildman–Crippen LogP) is 6.96. The summed E-state index contributed by atoms with van der Waals surface area (Å²) in [5.74, 6) is -1.49. The third-order valence-corrected chi connectivity index (χ3v) is 7.73. The number of likely N-dealkylation sites (tertiary alicyclic amines) is 1. The fourth-order valence-corrected chi connectivity index (χ4v) is 5.54. The molecule has 0 atom stereocenters. The third-order valence-electron chi connectivity index (χ3n) is 7.46. The monoisotopic (exact) mass is 592 g/mol. The van der Waals surface area contributed by atoms with Crippen molar-refractivity contribution in [3.8, 4) is 16.9 Å². The van der Waals surface area contributed by atoms with Gasteiger partial charge < -0.3 is 9.84 Å². The number of benzene rings is 2. The number of nitrogens with zero attached hydrogens (tertiary/aromatic N) is 2. The Morgan fingerprint density at radius 3 is 2.02 bits per heavy atom. The molecule has 3 aromatic rings. The first kappa shape index (κ1) is 28.6. The second-order valence-corrected chi connectivity index (χ2v) is 10.4. The van der Waals surface area contributed by atoms with Gasteiger partial charge in [-0.3, -0.25) is 4.90 Å². The molecule has 2 aromatic carbocycles. The van der Waals surface area contributed by atoms with Gasteiger partial charge >= 0.3 is 12.4 Å².